The molecule has 0 aromatic carbocycles. The Morgan fingerprint density at radius 1 is 1.82 bits per heavy atom. The van der Waals surface area contributed by atoms with E-state index in [-0.39, 0.29) is 0 Å². The van der Waals surface area contributed by atoms with Crippen LogP contribution in [0.25, 0.3) is 0 Å². The molecular formula is C7H14N2OS. The van der Waals surface area contributed by atoms with Crippen LogP contribution in [-0.4, -0.2) is 36.8 Å². The second-order valence-electron chi connectivity index (χ2n) is 2.89. The van der Waals surface area contributed by atoms with Gasteiger partial charge in [0.1, 0.15) is 0 Å². The van der Waals surface area contributed by atoms with E-state index in [1.54, 1.807) is 7.11 Å². The first kappa shape index (κ1) is 8.74. The zero-order valence-electron chi connectivity index (χ0n) is 6.75. The summed E-state index contributed by atoms with van der Waals surface area (Å²) in [5.41, 5.74) is 5.47. The Morgan fingerprint density at radius 3 is 3.00 bits per heavy atom. The molecule has 1 saturated heterocycles. The Morgan fingerprint density at radius 2 is 2.55 bits per heavy atom. The predicted molar refractivity (Wildman–Crippen MR) is 48.3 cm³/mol. The maximum absolute atomic E-state index is 5.47. The number of hydrogen-bond acceptors (Lipinski definition) is 2. The van der Waals surface area contributed by atoms with Gasteiger partial charge in [-0.25, -0.2) is 0 Å². The van der Waals surface area contributed by atoms with Crippen molar-refractivity contribution in [3.8, 4) is 0 Å². The highest BCUT2D eigenvalue weighted by Crippen LogP contribution is 2.15. The lowest BCUT2D eigenvalue weighted by molar-refractivity contribution is 0.157. The van der Waals surface area contributed by atoms with Crippen molar-refractivity contribution in [1.29, 1.82) is 0 Å². The summed E-state index contributed by atoms with van der Waals surface area (Å²) in [4.78, 5) is 2.03. The molecule has 0 aromatic heterocycles. The van der Waals surface area contributed by atoms with Gasteiger partial charge in [0.2, 0.25) is 0 Å². The van der Waals surface area contributed by atoms with Crippen LogP contribution >= 0.6 is 12.2 Å². The van der Waals surface area contributed by atoms with Crippen LogP contribution in [0, 0.1) is 5.92 Å². The first-order valence-corrected chi connectivity index (χ1v) is 4.18. The topological polar surface area (TPSA) is 38.5 Å². The molecule has 0 saturated carbocycles. The zero-order valence-corrected chi connectivity index (χ0v) is 7.56. The number of thiocarbonyl (C=S) groups is 1. The lowest BCUT2D eigenvalue weighted by Crippen LogP contribution is -2.33. The standard InChI is InChI=1S/C7H14N2OS/c1-10-5-6-2-3-9(4-6)7(8)11/h6H,2-5H2,1H3,(H2,8,11). The van der Waals surface area contributed by atoms with Crippen molar-refractivity contribution >= 4 is 17.3 Å². The van der Waals surface area contributed by atoms with Gasteiger partial charge in [-0.3, -0.25) is 0 Å². The summed E-state index contributed by atoms with van der Waals surface area (Å²) in [5.74, 6) is 0.612. The van der Waals surface area contributed by atoms with Crippen LogP contribution < -0.4 is 5.73 Å². The smallest absolute Gasteiger partial charge is 0.166 e. The fourth-order valence-electron chi connectivity index (χ4n) is 1.40. The van der Waals surface area contributed by atoms with Crippen molar-refractivity contribution in [1.82, 2.24) is 4.90 Å². The van der Waals surface area contributed by atoms with Gasteiger partial charge < -0.3 is 15.4 Å². The van der Waals surface area contributed by atoms with Crippen molar-refractivity contribution in [2.45, 2.75) is 6.42 Å². The molecule has 1 aliphatic heterocycles. The zero-order chi connectivity index (χ0) is 8.27. The number of rotatable bonds is 2. The third-order valence-electron chi connectivity index (χ3n) is 2.00. The second kappa shape index (κ2) is 3.88. The predicted octanol–water partition coefficient (Wildman–Crippen LogP) is 0.198. The molecule has 1 rings (SSSR count). The van der Waals surface area contributed by atoms with Gasteiger partial charge in [0, 0.05) is 26.1 Å². The largest absolute Gasteiger partial charge is 0.384 e. The average Bonchev–Trinajstić information content (AvgIpc) is 2.37. The summed E-state index contributed by atoms with van der Waals surface area (Å²) in [6.45, 7) is 2.77. The summed E-state index contributed by atoms with van der Waals surface area (Å²) < 4.78 is 5.04. The van der Waals surface area contributed by atoms with Crippen molar-refractivity contribution in [3.63, 3.8) is 0 Å². The van der Waals surface area contributed by atoms with Crippen LogP contribution in [0.3, 0.4) is 0 Å². The number of nitrogens with two attached hydrogens (primary N) is 1. The van der Waals surface area contributed by atoms with E-state index in [0.717, 1.165) is 26.1 Å². The van der Waals surface area contributed by atoms with E-state index >= 15 is 0 Å². The molecular weight excluding hydrogens is 160 g/mol. The molecule has 1 atom stereocenters. The summed E-state index contributed by atoms with van der Waals surface area (Å²) >= 11 is 4.86. The van der Waals surface area contributed by atoms with Gasteiger partial charge in [0.15, 0.2) is 5.11 Å². The van der Waals surface area contributed by atoms with E-state index in [0.29, 0.717) is 11.0 Å². The molecule has 1 heterocycles. The molecule has 4 heteroatoms. The lowest BCUT2D eigenvalue weighted by atomic mass is 10.1. The molecule has 11 heavy (non-hydrogen) atoms. The van der Waals surface area contributed by atoms with Gasteiger partial charge in [0.25, 0.3) is 0 Å². The molecule has 2 N–H and O–H groups in total. The van der Waals surface area contributed by atoms with Crippen LogP contribution in [0.4, 0.5) is 0 Å². The van der Waals surface area contributed by atoms with Crippen LogP contribution in [0.2, 0.25) is 0 Å². The minimum atomic E-state index is 0.517. The highest BCUT2D eigenvalue weighted by molar-refractivity contribution is 7.80. The lowest BCUT2D eigenvalue weighted by Gasteiger charge is -2.15. The molecule has 0 spiro atoms. The number of nitrogens with zero attached hydrogens (tertiary/aromatic N) is 1. The molecule has 0 aliphatic carbocycles. The fraction of sp³-hybridized carbons (Fsp3) is 0.857. The van der Waals surface area contributed by atoms with Crippen molar-refractivity contribution in [2.75, 3.05) is 26.8 Å². The Hall–Kier alpha value is -0.350. The van der Waals surface area contributed by atoms with E-state index in [1.165, 1.54) is 0 Å². The molecule has 3 nitrogen and oxygen atoms in total. The summed E-state index contributed by atoms with van der Waals surface area (Å²) in [5, 5.41) is 0.517. The minimum Gasteiger partial charge on any atom is -0.384 e. The van der Waals surface area contributed by atoms with Crippen LogP contribution in [0.5, 0.6) is 0 Å². The second-order valence-corrected chi connectivity index (χ2v) is 3.31. The Balaban J connectivity index is 2.29. The normalized spacial score (nSPS) is 24.1. The van der Waals surface area contributed by atoms with Crippen molar-refractivity contribution < 1.29 is 4.74 Å². The number of ether oxygens (including phenoxy) is 1. The monoisotopic (exact) mass is 174 g/mol. The number of likely N-dealkylation sites (tertiary alicyclic amines) is 1. The van der Waals surface area contributed by atoms with Crippen molar-refractivity contribution in [2.24, 2.45) is 11.7 Å². The Kier molecular flexibility index (Phi) is 3.08. The highest BCUT2D eigenvalue weighted by Gasteiger charge is 2.22. The van der Waals surface area contributed by atoms with Crippen LogP contribution in [-0.2, 0) is 4.74 Å². The molecule has 0 aromatic rings. The molecule has 0 amide bonds. The first-order chi connectivity index (χ1) is 5.24. The van der Waals surface area contributed by atoms with Gasteiger partial charge in [0.05, 0.1) is 6.61 Å². The van der Waals surface area contributed by atoms with Gasteiger partial charge in [-0.2, -0.15) is 0 Å². The third kappa shape index (κ3) is 2.31. The molecule has 1 unspecified atom stereocenters. The average molecular weight is 174 g/mol. The van der Waals surface area contributed by atoms with E-state index < -0.39 is 0 Å². The third-order valence-corrected chi connectivity index (χ3v) is 2.26. The molecule has 64 valence electrons. The van der Waals surface area contributed by atoms with E-state index in [4.69, 9.17) is 22.7 Å². The molecule has 1 fully saturated rings. The minimum absolute atomic E-state index is 0.517. The van der Waals surface area contributed by atoms with E-state index in [9.17, 15) is 0 Å². The summed E-state index contributed by atoms with van der Waals surface area (Å²) in [6, 6.07) is 0. The highest BCUT2D eigenvalue weighted by atomic mass is 32.1. The van der Waals surface area contributed by atoms with E-state index in [2.05, 4.69) is 0 Å². The first-order valence-electron chi connectivity index (χ1n) is 3.77. The maximum Gasteiger partial charge on any atom is 0.166 e. The number of hydrogen-bond donors (Lipinski definition) is 1. The fourth-order valence-corrected chi connectivity index (χ4v) is 1.57. The van der Waals surface area contributed by atoms with Gasteiger partial charge in [-0.15, -0.1) is 0 Å². The molecule has 0 bridgehead atoms. The van der Waals surface area contributed by atoms with Gasteiger partial charge in [-0.1, -0.05) is 0 Å². The van der Waals surface area contributed by atoms with Gasteiger partial charge >= 0.3 is 0 Å². The van der Waals surface area contributed by atoms with Crippen LogP contribution in [0.1, 0.15) is 6.42 Å². The molecule has 1 aliphatic rings. The van der Waals surface area contributed by atoms with Gasteiger partial charge in [-0.05, 0) is 18.6 Å². The summed E-state index contributed by atoms with van der Waals surface area (Å²) in [6.07, 6.45) is 1.14. The maximum atomic E-state index is 5.47. The van der Waals surface area contributed by atoms with Crippen LogP contribution in [0.15, 0.2) is 0 Å². The SMILES string of the molecule is COCC1CCN(C(N)=S)C1. The quantitative estimate of drug-likeness (QED) is 0.607. The molecule has 0 radical (unpaired) electrons. The summed E-state index contributed by atoms with van der Waals surface area (Å²) in [7, 11) is 1.73. The number of methoxy groups -OCH3 is 1. The Labute approximate surface area is 72.5 Å². The van der Waals surface area contributed by atoms with Crippen molar-refractivity contribution in [3.05, 3.63) is 0 Å². The Bertz CT molecular complexity index is 151. The van der Waals surface area contributed by atoms with E-state index in [1.807, 2.05) is 4.90 Å².